The molecule has 0 radical (unpaired) electrons. The zero-order chi connectivity index (χ0) is 18.5. The number of ether oxygens (including phenoxy) is 3. The lowest BCUT2D eigenvalue weighted by atomic mass is 10.1. The van der Waals surface area contributed by atoms with E-state index in [4.69, 9.17) is 4.74 Å². The van der Waals surface area contributed by atoms with Crippen molar-refractivity contribution in [2.45, 2.75) is 39.3 Å². The molecule has 0 bridgehead atoms. The van der Waals surface area contributed by atoms with Gasteiger partial charge in [-0.25, -0.2) is 9.59 Å². The van der Waals surface area contributed by atoms with Crippen molar-refractivity contribution in [3.05, 3.63) is 29.3 Å². The van der Waals surface area contributed by atoms with Gasteiger partial charge in [-0.15, -0.1) is 0 Å². The van der Waals surface area contributed by atoms with Crippen LogP contribution < -0.4 is 10.1 Å². The topological polar surface area (TPSA) is 90.9 Å². The lowest BCUT2D eigenvalue weighted by Gasteiger charge is -2.23. The number of carbonyl (C=O) groups excluding carboxylic acids is 3. The summed E-state index contributed by atoms with van der Waals surface area (Å²) in [4.78, 5) is 35.5. The van der Waals surface area contributed by atoms with Gasteiger partial charge < -0.3 is 19.5 Å². The summed E-state index contributed by atoms with van der Waals surface area (Å²) in [7, 11) is 2.46. The van der Waals surface area contributed by atoms with Gasteiger partial charge in [0.25, 0.3) is 5.91 Å². The lowest BCUT2D eigenvalue weighted by molar-refractivity contribution is -0.128. The van der Waals surface area contributed by atoms with Crippen LogP contribution in [0.15, 0.2) is 18.2 Å². The molecule has 1 aromatic carbocycles. The van der Waals surface area contributed by atoms with E-state index < -0.39 is 23.6 Å². The summed E-state index contributed by atoms with van der Waals surface area (Å²) in [5.41, 5.74) is -0.155. The van der Waals surface area contributed by atoms with Gasteiger partial charge in [0.2, 0.25) is 0 Å². The van der Waals surface area contributed by atoms with Crippen molar-refractivity contribution in [3.63, 3.8) is 0 Å². The summed E-state index contributed by atoms with van der Waals surface area (Å²) >= 11 is 0. The van der Waals surface area contributed by atoms with Crippen LogP contribution in [0, 0.1) is 0 Å². The van der Waals surface area contributed by atoms with Gasteiger partial charge in [-0.05, 0) is 45.9 Å². The Bertz CT molecular complexity index is 598. The van der Waals surface area contributed by atoms with E-state index in [0.29, 0.717) is 0 Å². The van der Waals surface area contributed by atoms with Gasteiger partial charge in [0.05, 0.1) is 25.3 Å². The van der Waals surface area contributed by atoms with E-state index in [2.05, 4.69) is 14.8 Å². The number of rotatable bonds is 5. The molecule has 0 aliphatic rings. The fourth-order valence-corrected chi connectivity index (χ4v) is 1.87. The Kier molecular flexibility index (Phi) is 6.34. The predicted octanol–water partition coefficient (Wildman–Crippen LogP) is 1.94. The van der Waals surface area contributed by atoms with E-state index in [1.807, 2.05) is 20.8 Å². The number of amides is 1. The summed E-state index contributed by atoms with van der Waals surface area (Å²) in [5.74, 6) is -1.38. The highest BCUT2D eigenvalue weighted by Gasteiger charge is 2.22. The van der Waals surface area contributed by atoms with E-state index in [0.717, 1.165) is 0 Å². The Labute approximate surface area is 141 Å². The molecule has 1 N–H and O–H groups in total. The first-order chi connectivity index (χ1) is 11.1. The molecule has 1 aromatic rings. The third-order valence-corrected chi connectivity index (χ3v) is 2.93. The van der Waals surface area contributed by atoms with Crippen molar-refractivity contribution in [1.29, 1.82) is 0 Å². The molecule has 0 aliphatic heterocycles. The summed E-state index contributed by atoms with van der Waals surface area (Å²) in [6, 6.07) is 4.14. The van der Waals surface area contributed by atoms with Crippen LogP contribution in [0.1, 0.15) is 48.4 Å². The summed E-state index contributed by atoms with van der Waals surface area (Å²) in [6.07, 6.45) is -0.817. The van der Waals surface area contributed by atoms with Crippen molar-refractivity contribution in [2.24, 2.45) is 0 Å². The molecule has 0 aromatic heterocycles. The maximum Gasteiger partial charge on any atom is 0.338 e. The first-order valence-electron chi connectivity index (χ1n) is 7.38. The Balaban J connectivity index is 3.07. The number of nitrogens with one attached hydrogen (secondary N) is 1. The van der Waals surface area contributed by atoms with Crippen LogP contribution in [0.2, 0.25) is 0 Å². The monoisotopic (exact) mass is 337 g/mol. The highest BCUT2D eigenvalue weighted by atomic mass is 16.5. The fraction of sp³-hybridized carbons (Fsp3) is 0.471. The molecule has 1 rings (SSSR count). The minimum absolute atomic E-state index is 0.124. The zero-order valence-electron chi connectivity index (χ0n) is 14.8. The second kappa shape index (κ2) is 7.81. The van der Waals surface area contributed by atoms with Gasteiger partial charge in [-0.3, -0.25) is 4.79 Å². The minimum atomic E-state index is -0.817. The molecule has 1 amide bonds. The van der Waals surface area contributed by atoms with E-state index in [1.165, 1.54) is 32.4 Å². The molecule has 0 saturated carbocycles. The zero-order valence-corrected chi connectivity index (χ0v) is 14.8. The average molecular weight is 337 g/mol. The van der Waals surface area contributed by atoms with Crippen LogP contribution in [0.25, 0.3) is 0 Å². The molecule has 1 atom stereocenters. The van der Waals surface area contributed by atoms with Gasteiger partial charge in [-0.2, -0.15) is 0 Å². The number of hydrogen-bond donors (Lipinski definition) is 1. The second-order valence-electron chi connectivity index (χ2n) is 6.23. The normalized spacial score (nSPS) is 12.1. The highest BCUT2D eigenvalue weighted by molar-refractivity contribution is 5.96. The lowest BCUT2D eigenvalue weighted by Crippen LogP contribution is -2.46. The average Bonchev–Trinajstić information content (AvgIpc) is 2.51. The van der Waals surface area contributed by atoms with Gasteiger partial charge >= 0.3 is 11.9 Å². The third-order valence-electron chi connectivity index (χ3n) is 2.93. The van der Waals surface area contributed by atoms with Crippen LogP contribution >= 0.6 is 0 Å². The van der Waals surface area contributed by atoms with Crippen molar-refractivity contribution >= 4 is 17.8 Å². The SMILES string of the molecule is COC(=O)c1cc(O[C@@H](C)C(=O)NC(C)(C)C)cc(C(=O)OC)c1. The number of methoxy groups -OCH3 is 2. The Morgan fingerprint density at radius 3 is 1.79 bits per heavy atom. The number of hydrogen-bond acceptors (Lipinski definition) is 6. The molecule has 7 heteroatoms. The summed E-state index contributed by atoms with van der Waals surface area (Å²) in [5, 5.41) is 2.79. The van der Waals surface area contributed by atoms with E-state index in [9.17, 15) is 14.4 Å². The molecular formula is C17H23NO6. The smallest absolute Gasteiger partial charge is 0.338 e. The predicted molar refractivity (Wildman–Crippen MR) is 87.1 cm³/mol. The molecule has 7 nitrogen and oxygen atoms in total. The maximum atomic E-state index is 12.1. The van der Waals surface area contributed by atoms with Crippen LogP contribution in [0.5, 0.6) is 5.75 Å². The summed E-state index contributed by atoms with van der Waals surface area (Å²) in [6.45, 7) is 7.13. The molecule has 0 spiro atoms. The van der Waals surface area contributed by atoms with Gasteiger partial charge in [-0.1, -0.05) is 0 Å². The van der Waals surface area contributed by atoms with Crippen molar-refractivity contribution in [3.8, 4) is 5.75 Å². The molecule has 0 unspecified atom stereocenters. The molecule has 24 heavy (non-hydrogen) atoms. The molecule has 0 heterocycles. The molecular weight excluding hydrogens is 314 g/mol. The number of carbonyl (C=O) groups is 3. The van der Waals surface area contributed by atoms with E-state index in [-0.39, 0.29) is 22.8 Å². The molecule has 132 valence electrons. The van der Waals surface area contributed by atoms with E-state index in [1.54, 1.807) is 6.92 Å². The van der Waals surface area contributed by atoms with E-state index >= 15 is 0 Å². The highest BCUT2D eigenvalue weighted by Crippen LogP contribution is 2.20. The first-order valence-corrected chi connectivity index (χ1v) is 7.38. The Morgan fingerprint density at radius 2 is 1.42 bits per heavy atom. The Morgan fingerprint density at radius 1 is 0.958 bits per heavy atom. The van der Waals surface area contributed by atoms with Gasteiger partial charge in [0.1, 0.15) is 5.75 Å². The molecule has 0 fully saturated rings. The van der Waals surface area contributed by atoms with Crippen LogP contribution in [-0.4, -0.2) is 43.7 Å². The molecule has 0 saturated heterocycles. The minimum Gasteiger partial charge on any atom is -0.481 e. The Hall–Kier alpha value is -2.57. The first kappa shape index (κ1) is 19.5. The fourth-order valence-electron chi connectivity index (χ4n) is 1.87. The van der Waals surface area contributed by atoms with Gasteiger partial charge in [0.15, 0.2) is 6.10 Å². The third kappa shape index (κ3) is 5.57. The van der Waals surface area contributed by atoms with Crippen molar-refractivity contribution < 1.29 is 28.6 Å². The van der Waals surface area contributed by atoms with Crippen molar-refractivity contribution in [1.82, 2.24) is 5.32 Å². The molecule has 0 aliphatic carbocycles. The van der Waals surface area contributed by atoms with Gasteiger partial charge in [0, 0.05) is 5.54 Å². The van der Waals surface area contributed by atoms with Crippen LogP contribution in [0.3, 0.4) is 0 Å². The standard InChI is InChI=1S/C17H23NO6/c1-10(14(19)18-17(2,3)4)24-13-8-11(15(20)22-5)7-12(9-13)16(21)23-6/h7-10H,1-6H3,(H,18,19)/t10-/m0/s1. The number of benzene rings is 1. The van der Waals surface area contributed by atoms with Crippen LogP contribution in [-0.2, 0) is 14.3 Å². The maximum absolute atomic E-state index is 12.1. The second-order valence-corrected chi connectivity index (χ2v) is 6.23. The van der Waals surface area contributed by atoms with Crippen LogP contribution in [0.4, 0.5) is 0 Å². The largest absolute Gasteiger partial charge is 0.481 e. The summed E-state index contributed by atoms with van der Waals surface area (Å²) < 4.78 is 14.9. The quantitative estimate of drug-likeness (QED) is 0.826. The van der Waals surface area contributed by atoms with Crippen molar-refractivity contribution in [2.75, 3.05) is 14.2 Å². The number of esters is 2.